The van der Waals surface area contributed by atoms with Crippen molar-refractivity contribution in [3.05, 3.63) is 117 Å². The van der Waals surface area contributed by atoms with Crippen LogP contribution >= 0.6 is 34.7 Å². The van der Waals surface area contributed by atoms with Crippen molar-refractivity contribution in [2.75, 3.05) is 17.2 Å². The number of nitrogens with one attached hydrogen (secondary N) is 3. The van der Waals surface area contributed by atoms with Crippen molar-refractivity contribution in [3.63, 3.8) is 0 Å². The molecule has 0 aliphatic carbocycles. The van der Waals surface area contributed by atoms with Gasteiger partial charge in [0.1, 0.15) is 22.4 Å². The van der Waals surface area contributed by atoms with Gasteiger partial charge in [0.15, 0.2) is 0 Å². The maximum Gasteiger partial charge on any atom is 0.410 e. The molecule has 2 heterocycles. The minimum atomic E-state index is -0.625. The van der Waals surface area contributed by atoms with Crippen LogP contribution in [0.2, 0.25) is 5.02 Å². The van der Waals surface area contributed by atoms with E-state index in [-0.39, 0.29) is 11.6 Å². The number of nitriles is 1. The van der Waals surface area contributed by atoms with Crippen LogP contribution in [0.25, 0.3) is 6.08 Å². The fourth-order valence-electron chi connectivity index (χ4n) is 5.11. The first kappa shape index (κ1) is 37.2. The maximum absolute atomic E-state index is 13.5. The Labute approximate surface area is 309 Å². The molecular weight excluding hydrogens is 706 g/mol. The highest BCUT2D eigenvalue weighted by molar-refractivity contribution is 8.00. The molecule has 0 radical (unpaired) electrons. The topological polar surface area (TPSA) is 141 Å². The molecule has 13 heteroatoms. The highest BCUT2D eigenvalue weighted by Crippen LogP contribution is 2.38. The van der Waals surface area contributed by atoms with E-state index < -0.39 is 28.8 Å². The first-order valence-corrected chi connectivity index (χ1v) is 18.1. The van der Waals surface area contributed by atoms with Crippen LogP contribution in [0.1, 0.15) is 59.6 Å². The van der Waals surface area contributed by atoms with Crippen molar-refractivity contribution in [1.29, 1.82) is 5.26 Å². The molecule has 3 aromatic carbocycles. The molecule has 0 saturated heterocycles. The van der Waals surface area contributed by atoms with E-state index in [0.717, 1.165) is 10.4 Å². The van der Waals surface area contributed by atoms with Gasteiger partial charge < -0.3 is 25.6 Å². The van der Waals surface area contributed by atoms with Crippen LogP contribution in [0, 0.1) is 11.3 Å². The van der Waals surface area contributed by atoms with E-state index in [1.54, 1.807) is 90.7 Å². The molecule has 0 bridgehead atoms. The van der Waals surface area contributed by atoms with Crippen LogP contribution in [-0.4, -0.2) is 46.1 Å². The second-order valence-electron chi connectivity index (χ2n) is 12.6. The van der Waals surface area contributed by atoms with Gasteiger partial charge in [-0.2, -0.15) is 5.26 Å². The smallest absolute Gasteiger partial charge is 0.410 e. The number of halogens is 1. The summed E-state index contributed by atoms with van der Waals surface area (Å²) in [6.45, 7) is 7.89. The first-order chi connectivity index (χ1) is 24.3. The number of rotatable bonds is 9. The molecule has 1 atom stereocenters. The number of benzene rings is 3. The number of anilines is 2. The molecule has 0 saturated carbocycles. The quantitative estimate of drug-likeness (QED) is 0.116. The Balaban J connectivity index is 1.26. The standard InChI is InChI=1S/C38H36ClN5O5S2/c1-23(33(45)43-36-30(21-40)29-16-17-44(22-32(29)51-36)37(48)49-38(2,3)4)50-28-15-9-14-27(20-28)41-35(47)31(19-24-10-8-13-26(39)18-24)42-34(46)25-11-6-5-7-12-25/h5-15,18-20,23H,16-17,22H2,1-4H3,(H,41,47)(H,42,46)(H,43,45)/b31-19-. The third kappa shape index (κ3) is 10.0. The van der Waals surface area contributed by atoms with Gasteiger partial charge in [0, 0.05) is 32.6 Å². The number of ether oxygens (including phenoxy) is 1. The van der Waals surface area contributed by atoms with Gasteiger partial charge in [-0.1, -0.05) is 48.0 Å². The number of hydrogen-bond acceptors (Lipinski definition) is 8. The van der Waals surface area contributed by atoms with E-state index in [1.807, 2.05) is 26.8 Å². The summed E-state index contributed by atoms with van der Waals surface area (Å²) in [5.74, 6) is -1.30. The third-order valence-corrected chi connectivity index (χ3v) is 9.98. The van der Waals surface area contributed by atoms with E-state index in [1.165, 1.54) is 23.1 Å². The van der Waals surface area contributed by atoms with Crippen molar-refractivity contribution in [1.82, 2.24) is 10.2 Å². The van der Waals surface area contributed by atoms with Crippen LogP contribution in [0.4, 0.5) is 15.5 Å². The molecule has 4 aromatic rings. The second-order valence-corrected chi connectivity index (χ2v) is 15.6. The highest BCUT2D eigenvalue weighted by Gasteiger charge is 2.30. The van der Waals surface area contributed by atoms with Gasteiger partial charge in [0.05, 0.1) is 17.4 Å². The summed E-state index contributed by atoms with van der Waals surface area (Å²) in [5, 5.41) is 18.8. The van der Waals surface area contributed by atoms with Crippen LogP contribution in [0.15, 0.2) is 89.5 Å². The van der Waals surface area contributed by atoms with Crippen LogP contribution < -0.4 is 16.0 Å². The summed E-state index contributed by atoms with van der Waals surface area (Å²) < 4.78 is 5.52. The van der Waals surface area contributed by atoms with Crippen molar-refractivity contribution >= 4 is 75.3 Å². The normalized spacial score (nSPS) is 13.3. The van der Waals surface area contributed by atoms with Crippen molar-refractivity contribution < 1.29 is 23.9 Å². The number of amides is 4. The average Bonchev–Trinajstić information content (AvgIpc) is 3.43. The Hall–Kier alpha value is -5.09. The zero-order chi connectivity index (χ0) is 36.7. The Morgan fingerprint density at radius 2 is 1.76 bits per heavy atom. The Morgan fingerprint density at radius 3 is 2.47 bits per heavy atom. The van der Waals surface area contributed by atoms with Gasteiger partial charge in [0.2, 0.25) is 5.91 Å². The van der Waals surface area contributed by atoms with Gasteiger partial charge >= 0.3 is 6.09 Å². The average molecular weight is 742 g/mol. The van der Waals surface area contributed by atoms with Crippen LogP contribution in [0.5, 0.6) is 0 Å². The first-order valence-electron chi connectivity index (χ1n) is 16.0. The molecule has 1 unspecified atom stereocenters. The minimum absolute atomic E-state index is 0.0121. The second kappa shape index (κ2) is 16.3. The monoisotopic (exact) mass is 741 g/mol. The number of thioether (sulfide) groups is 1. The third-order valence-electron chi connectivity index (χ3n) is 7.52. The SMILES string of the molecule is CC(Sc1cccc(NC(=O)/C(=C/c2cccc(Cl)c2)NC(=O)c2ccccc2)c1)C(=O)Nc1sc2c(c1C#N)CCN(C(=O)OC(C)(C)C)C2. The van der Waals surface area contributed by atoms with Gasteiger partial charge in [-0.15, -0.1) is 23.1 Å². The zero-order valence-corrected chi connectivity index (χ0v) is 30.8. The predicted octanol–water partition coefficient (Wildman–Crippen LogP) is 8.10. The number of hydrogen-bond donors (Lipinski definition) is 3. The van der Waals surface area contributed by atoms with E-state index in [4.69, 9.17) is 16.3 Å². The molecule has 5 rings (SSSR count). The molecule has 1 aliphatic rings. The molecule has 10 nitrogen and oxygen atoms in total. The van der Waals surface area contributed by atoms with Gasteiger partial charge in [-0.05, 0) is 93.8 Å². The summed E-state index contributed by atoms with van der Waals surface area (Å²) in [4.78, 5) is 55.7. The van der Waals surface area contributed by atoms with E-state index in [0.29, 0.717) is 56.8 Å². The van der Waals surface area contributed by atoms with Crippen LogP contribution in [-0.2, 0) is 27.3 Å². The van der Waals surface area contributed by atoms with E-state index >= 15 is 0 Å². The fourth-order valence-corrected chi connectivity index (χ4v) is 7.46. The molecule has 0 spiro atoms. The lowest BCUT2D eigenvalue weighted by Gasteiger charge is -2.29. The highest BCUT2D eigenvalue weighted by atomic mass is 35.5. The predicted molar refractivity (Wildman–Crippen MR) is 202 cm³/mol. The summed E-state index contributed by atoms with van der Waals surface area (Å²) in [7, 11) is 0. The summed E-state index contributed by atoms with van der Waals surface area (Å²) in [6.07, 6.45) is 1.61. The Bertz CT molecular complexity index is 2030. The molecule has 51 heavy (non-hydrogen) atoms. The molecule has 1 aliphatic heterocycles. The largest absolute Gasteiger partial charge is 0.444 e. The van der Waals surface area contributed by atoms with E-state index in [9.17, 15) is 24.4 Å². The molecule has 4 amide bonds. The summed E-state index contributed by atoms with van der Waals surface area (Å²) in [5.41, 5.74) is 2.10. The van der Waals surface area contributed by atoms with E-state index in [2.05, 4.69) is 22.0 Å². The number of fused-ring (bicyclic) bond motifs is 1. The Morgan fingerprint density at radius 1 is 1.02 bits per heavy atom. The molecule has 3 N–H and O–H groups in total. The lowest BCUT2D eigenvalue weighted by molar-refractivity contribution is -0.115. The minimum Gasteiger partial charge on any atom is -0.444 e. The molecule has 262 valence electrons. The van der Waals surface area contributed by atoms with Crippen molar-refractivity contribution in [2.24, 2.45) is 0 Å². The number of thiophene rings is 1. The van der Waals surface area contributed by atoms with Gasteiger partial charge in [0.25, 0.3) is 11.8 Å². The Kier molecular flexibility index (Phi) is 11.9. The summed E-state index contributed by atoms with van der Waals surface area (Å²) >= 11 is 8.73. The molecular formula is C38H36ClN5O5S2. The fraction of sp³-hybridized carbons (Fsp3) is 0.237. The summed E-state index contributed by atoms with van der Waals surface area (Å²) in [6, 6.07) is 24.7. The van der Waals surface area contributed by atoms with Gasteiger partial charge in [-0.3, -0.25) is 14.4 Å². The number of carbonyl (C=O) groups is 4. The number of nitrogens with zero attached hydrogens (tertiary/aromatic N) is 2. The number of carbonyl (C=O) groups excluding carboxylic acids is 4. The van der Waals surface area contributed by atoms with Crippen LogP contribution in [0.3, 0.4) is 0 Å². The van der Waals surface area contributed by atoms with Crippen molar-refractivity contribution in [2.45, 2.75) is 56.4 Å². The zero-order valence-electron chi connectivity index (χ0n) is 28.4. The molecule has 1 aromatic heterocycles. The van der Waals surface area contributed by atoms with Crippen molar-refractivity contribution in [3.8, 4) is 6.07 Å². The lowest BCUT2D eigenvalue weighted by atomic mass is 10.0. The molecule has 0 fully saturated rings. The maximum atomic E-state index is 13.5. The lowest BCUT2D eigenvalue weighted by Crippen LogP contribution is -2.39. The van der Waals surface area contributed by atoms with Gasteiger partial charge in [-0.25, -0.2) is 4.79 Å².